The molecule has 0 amide bonds. The molecule has 0 aliphatic heterocycles. The number of hydrogen-bond donors (Lipinski definition) is 3. The standard InChI is InChI=1S/C6H8N2O4/c7-2-4(8)3(6(11)12)1-5(9)10/h3-4H,1,8H2,(H,9,10)(H,11,12). The number of nitrogens with zero attached hydrogens (tertiary/aromatic N) is 1. The number of nitriles is 1. The van der Waals surface area contributed by atoms with Crippen molar-refractivity contribution in [2.45, 2.75) is 12.5 Å². The molecule has 0 aromatic heterocycles. The van der Waals surface area contributed by atoms with E-state index in [1.165, 1.54) is 6.07 Å². The van der Waals surface area contributed by atoms with Crippen molar-refractivity contribution in [2.75, 3.05) is 0 Å². The van der Waals surface area contributed by atoms with Gasteiger partial charge in [0, 0.05) is 0 Å². The second-order valence-corrected chi connectivity index (χ2v) is 2.20. The maximum atomic E-state index is 10.3. The van der Waals surface area contributed by atoms with Gasteiger partial charge in [-0.3, -0.25) is 9.59 Å². The highest BCUT2D eigenvalue weighted by atomic mass is 16.4. The van der Waals surface area contributed by atoms with Crippen LogP contribution in [0.25, 0.3) is 0 Å². The van der Waals surface area contributed by atoms with Gasteiger partial charge in [-0.15, -0.1) is 0 Å². The predicted molar refractivity (Wildman–Crippen MR) is 37.0 cm³/mol. The molecule has 0 spiro atoms. The molecule has 0 aromatic rings. The van der Waals surface area contributed by atoms with Crippen molar-refractivity contribution in [3.63, 3.8) is 0 Å². The number of nitrogens with two attached hydrogens (primary N) is 1. The molecule has 0 aliphatic carbocycles. The van der Waals surface area contributed by atoms with Crippen LogP contribution in [0.1, 0.15) is 6.42 Å². The monoisotopic (exact) mass is 172 g/mol. The van der Waals surface area contributed by atoms with Crippen LogP contribution in [-0.4, -0.2) is 28.2 Å². The highest BCUT2D eigenvalue weighted by Crippen LogP contribution is 2.06. The van der Waals surface area contributed by atoms with Gasteiger partial charge >= 0.3 is 11.9 Å². The predicted octanol–water partition coefficient (Wildman–Crippen LogP) is -0.987. The Bertz CT molecular complexity index is 232. The van der Waals surface area contributed by atoms with Crippen LogP contribution < -0.4 is 5.73 Å². The summed E-state index contributed by atoms with van der Waals surface area (Å²) in [5.74, 6) is -3.99. The molecule has 6 nitrogen and oxygen atoms in total. The third-order valence-electron chi connectivity index (χ3n) is 1.29. The summed E-state index contributed by atoms with van der Waals surface area (Å²) in [6.07, 6.45) is -0.635. The lowest BCUT2D eigenvalue weighted by molar-refractivity contribution is -0.148. The van der Waals surface area contributed by atoms with Crippen LogP contribution in [0.5, 0.6) is 0 Å². The number of carboxylic acid groups (broad SMARTS) is 2. The quantitative estimate of drug-likeness (QED) is 0.500. The summed E-state index contributed by atoms with van der Waals surface area (Å²) < 4.78 is 0. The third-order valence-corrected chi connectivity index (χ3v) is 1.29. The fourth-order valence-electron chi connectivity index (χ4n) is 0.646. The summed E-state index contributed by atoms with van der Waals surface area (Å²) in [6.45, 7) is 0. The zero-order chi connectivity index (χ0) is 9.72. The van der Waals surface area contributed by atoms with E-state index in [0.717, 1.165) is 0 Å². The van der Waals surface area contributed by atoms with Crippen molar-refractivity contribution in [3.8, 4) is 6.07 Å². The van der Waals surface area contributed by atoms with E-state index in [1.807, 2.05) is 0 Å². The molecule has 6 heteroatoms. The number of carboxylic acids is 2. The minimum atomic E-state index is -1.37. The molecule has 66 valence electrons. The average Bonchev–Trinajstić information content (AvgIpc) is 1.98. The van der Waals surface area contributed by atoms with E-state index in [-0.39, 0.29) is 0 Å². The van der Waals surface area contributed by atoms with Crippen LogP contribution in [0.2, 0.25) is 0 Å². The molecular formula is C6H8N2O4. The minimum Gasteiger partial charge on any atom is -0.481 e. The normalized spacial score (nSPS) is 14.3. The molecule has 0 radical (unpaired) electrons. The molecule has 0 saturated heterocycles. The average molecular weight is 172 g/mol. The van der Waals surface area contributed by atoms with Crippen LogP contribution in [0.15, 0.2) is 0 Å². The maximum Gasteiger partial charge on any atom is 0.309 e. The first kappa shape index (κ1) is 10.4. The Hall–Kier alpha value is -1.61. The molecule has 0 saturated carbocycles. The molecule has 0 heterocycles. The largest absolute Gasteiger partial charge is 0.481 e. The Morgan fingerprint density at radius 2 is 2.00 bits per heavy atom. The Morgan fingerprint density at radius 3 is 2.25 bits per heavy atom. The molecule has 2 atom stereocenters. The zero-order valence-corrected chi connectivity index (χ0v) is 6.10. The smallest absolute Gasteiger partial charge is 0.309 e. The van der Waals surface area contributed by atoms with Crippen molar-refractivity contribution < 1.29 is 19.8 Å². The second kappa shape index (κ2) is 4.31. The van der Waals surface area contributed by atoms with Gasteiger partial charge in [0.25, 0.3) is 0 Å². The van der Waals surface area contributed by atoms with Crippen molar-refractivity contribution in [3.05, 3.63) is 0 Å². The Balaban J connectivity index is 4.36. The van der Waals surface area contributed by atoms with Gasteiger partial charge in [0.15, 0.2) is 0 Å². The van der Waals surface area contributed by atoms with Gasteiger partial charge in [0.05, 0.1) is 18.4 Å². The van der Waals surface area contributed by atoms with Crippen molar-refractivity contribution in [1.29, 1.82) is 5.26 Å². The summed E-state index contributed by atoms with van der Waals surface area (Å²) >= 11 is 0. The van der Waals surface area contributed by atoms with Gasteiger partial charge in [0.1, 0.15) is 6.04 Å². The maximum absolute atomic E-state index is 10.3. The highest BCUT2D eigenvalue weighted by molar-refractivity contribution is 5.78. The first-order valence-corrected chi connectivity index (χ1v) is 3.08. The van der Waals surface area contributed by atoms with Crippen molar-refractivity contribution >= 4 is 11.9 Å². The zero-order valence-electron chi connectivity index (χ0n) is 6.10. The van der Waals surface area contributed by atoms with E-state index in [0.29, 0.717) is 0 Å². The van der Waals surface area contributed by atoms with Gasteiger partial charge < -0.3 is 15.9 Å². The second-order valence-electron chi connectivity index (χ2n) is 2.20. The molecule has 2 unspecified atom stereocenters. The minimum absolute atomic E-state index is 0.635. The van der Waals surface area contributed by atoms with Gasteiger partial charge in [-0.05, 0) is 0 Å². The van der Waals surface area contributed by atoms with Crippen LogP contribution in [0.3, 0.4) is 0 Å². The van der Waals surface area contributed by atoms with Crippen molar-refractivity contribution in [1.82, 2.24) is 0 Å². The highest BCUT2D eigenvalue weighted by Gasteiger charge is 2.27. The molecule has 0 rings (SSSR count). The number of carbonyl (C=O) groups is 2. The lowest BCUT2D eigenvalue weighted by Gasteiger charge is -2.10. The van der Waals surface area contributed by atoms with Crippen LogP contribution in [0.4, 0.5) is 0 Å². The summed E-state index contributed by atoms with van der Waals surface area (Å²) in [5.41, 5.74) is 5.06. The summed E-state index contributed by atoms with van der Waals surface area (Å²) in [4.78, 5) is 20.4. The summed E-state index contributed by atoms with van der Waals surface area (Å²) in [6, 6.07) is 0.206. The van der Waals surface area contributed by atoms with E-state index in [1.54, 1.807) is 0 Å². The molecule has 12 heavy (non-hydrogen) atoms. The molecule has 4 N–H and O–H groups in total. The Kier molecular flexibility index (Phi) is 3.73. The van der Waals surface area contributed by atoms with Gasteiger partial charge in [-0.25, -0.2) is 0 Å². The van der Waals surface area contributed by atoms with Gasteiger partial charge in [0.2, 0.25) is 0 Å². The lowest BCUT2D eigenvalue weighted by Crippen LogP contribution is -2.35. The van der Waals surface area contributed by atoms with Gasteiger partial charge in [-0.2, -0.15) is 5.26 Å². The Morgan fingerprint density at radius 1 is 1.50 bits per heavy atom. The van der Waals surface area contributed by atoms with Crippen LogP contribution in [-0.2, 0) is 9.59 Å². The molecule has 0 fully saturated rings. The van der Waals surface area contributed by atoms with E-state index < -0.39 is 30.3 Å². The van der Waals surface area contributed by atoms with E-state index in [9.17, 15) is 9.59 Å². The van der Waals surface area contributed by atoms with E-state index in [2.05, 4.69) is 0 Å². The van der Waals surface area contributed by atoms with Crippen LogP contribution in [0, 0.1) is 17.2 Å². The van der Waals surface area contributed by atoms with E-state index in [4.69, 9.17) is 21.2 Å². The van der Waals surface area contributed by atoms with E-state index >= 15 is 0 Å². The Labute approximate surface area is 68.2 Å². The van der Waals surface area contributed by atoms with Crippen LogP contribution >= 0.6 is 0 Å². The molecular weight excluding hydrogens is 164 g/mol. The molecule has 0 aliphatic rings. The SMILES string of the molecule is N#CC(N)C(CC(=O)O)C(=O)O. The summed E-state index contributed by atoms with van der Waals surface area (Å²) in [7, 11) is 0. The fourth-order valence-corrected chi connectivity index (χ4v) is 0.646. The van der Waals surface area contributed by atoms with Gasteiger partial charge in [-0.1, -0.05) is 0 Å². The molecule has 0 aromatic carbocycles. The first-order chi connectivity index (χ1) is 5.49. The fraction of sp³-hybridized carbons (Fsp3) is 0.500. The first-order valence-electron chi connectivity index (χ1n) is 3.08. The summed E-state index contributed by atoms with van der Waals surface area (Å²) in [5, 5.41) is 24.9. The van der Waals surface area contributed by atoms with Crippen molar-refractivity contribution in [2.24, 2.45) is 11.7 Å². The lowest BCUT2D eigenvalue weighted by atomic mass is 9.98. The molecule has 0 bridgehead atoms. The third kappa shape index (κ3) is 2.98. The topological polar surface area (TPSA) is 124 Å². The number of rotatable bonds is 4. The number of hydrogen-bond acceptors (Lipinski definition) is 4. The number of aliphatic carboxylic acids is 2.